The molecular weight excluding hydrogens is 330 g/mol. The van der Waals surface area contributed by atoms with E-state index in [-0.39, 0.29) is 5.69 Å². The average Bonchev–Trinajstić information content (AvgIpc) is 2.88. The molecule has 0 fully saturated rings. The van der Waals surface area contributed by atoms with Crippen molar-refractivity contribution in [2.75, 3.05) is 24.7 Å². The Kier molecular flexibility index (Phi) is 3.97. The molecule has 2 aromatic heterocycles. The molecule has 0 aliphatic carbocycles. The monoisotopic (exact) mass is 345 g/mol. The molecule has 0 aliphatic rings. The zero-order valence-corrected chi connectivity index (χ0v) is 14.1. The minimum Gasteiger partial charge on any atom is -0.394 e. The third-order valence-electron chi connectivity index (χ3n) is 3.48. The van der Waals surface area contributed by atoms with Crippen LogP contribution in [0, 0.1) is 17.0 Å². The first kappa shape index (κ1) is 16.0. The van der Waals surface area contributed by atoms with Gasteiger partial charge in [0.25, 0.3) is 5.69 Å². The smallest absolute Gasteiger partial charge is 0.284 e. The first-order chi connectivity index (χ1) is 11.4. The summed E-state index contributed by atoms with van der Waals surface area (Å²) < 4.78 is 0. The van der Waals surface area contributed by atoms with Crippen LogP contribution < -0.4 is 10.6 Å². The van der Waals surface area contributed by atoms with E-state index in [4.69, 9.17) is 5.73 Å². The van der Waals surface area contributed by atoms with Crippen molar-refractivity contribution in [3.8, 4) is 0 Å². The Bertz CT molecular complexity index is 938. The first-order valence-electron chi connectivity index (χ1n) is 6.97. The Morgan fingerprint density at radius 3 is 2.75 bits per heavy atom. The summed E-state index contributed by atoms with van der Waals surface area (Å²) in [5.74, 6) is 0.562. The highest BCUT2D eigenvalue weighted by Gasteiger charge is 2.21. The van der Waals surface area contributed by atoms with E-state index in [0.717, 1.165) is 22.8 Å². The van der Waals surface area contributed by atoms with E-state index in [2.05, 4.69) is 20.2 Å². The van der Waals surface area contributed by atoms with Crippen molar-refractivity contribution in [1.29, 1.82) is 0 Å². The van der Waals surface area contributed by atoms with Gasteiger partial charge in [-0.3, -0.25) is 15.2 Å². The summed E-state index contributed by atoms with van der Waals surface area (Å²) in [7, 11) is 3.63. The third-order valence-corrected chi connectivity index (χ3v) is 4.54. The molecule has 124 valence electrons. The van der Waals surface area contributed by atoms with Gasteiger partial charge in [0.15, 0.2) is 5.82 Å². The summed E-state index contributed by atoms with van der Waals surface area (Å²) in [6, 6.07) is 3.18. The fourth-order valence-corrected chi connectivity index (χ4v) is 3.21. The first-order valence-corrected chi connectivity index (χ1v) is 7.79. The average molecular weight is 345 g/mol. The molecule has 3 rings (SSSR count). The fraction of sp³-hybridized carbons (Fsp3) is 0.214. The SMILES string of the molecule is Cc1[nH]nc2cc(Sc3ncnc(N(C)C)c3N)c([N+](=O)[O-])cc12. The molecule has 0 amide bonds. The molecule has 10 heteroatoms. The highest BCUT2D eigenvalue weighted by molar-refractivity contribution is 7.99. The largest absolute Gasteiger partial charge is 0.394 e. The number of nitrogens with zero attached hydrogens (tertiary/aromatic N) is 5. The normalized spacial score (nSPS) is 11.0. The van der Waals surface area contributed by atoms with Crippen LogP contribution in [0.2, 0.25) is 0 Å². The van der Waals surface area contributed by atoms with Crippen LogP contribution in [0.25, 0.3) is 10.9 Å². The number of hydrogen-bond donors (Lipinski definition) is 2. The number of aryl methyl sites for hydroxylation is 1. The summed E-state index contributed by atoms with van der Waals surface area (Å²) in [5.41, 5.74) is 7.89. The van der Waals surface area contributed by atoms with Crippen molar-refractivity contribution in [3.05, 3.63) is 34.3 Å². The third kappa shape index (κ3) is 2.71. The van der Waals surface area contributed by atoms with Crippen LogP contribution in [-0.4, -0.2) is 39.2 Å². The lowest BCUT2D eigenvalue weighted by molar-refractivity contribution is -0.387. The molecule has 24 heavy (non-hydrogen) atoms. The van der Waals surface area contributed by atoms with E-state index in [9.17, 15) is 10.1 Å². The maximum absolute atomic E-state index is 11.4. The molecule has 9 nitrogen and oxygen atoms in total. The lowest BCUT2D eigenvalue weighted by Crippen LogP contribution is -2.14. The van der Waals surface area contributed by atoms with Gasteiger partial charge in [-0.1, -0.05) is 11.8 Å². The number of nitro benzene ring substituents is 1. The Balaban J connectivity index is 2.11. The summed E-state index contributed by atoms with van der Waals surface area (Å²) in [5, 5.41) is 19.6. The molecule has 1 aromatic carbocycles. The van der Waals surface area contributed by atoms with Crippen molar-refractivity contribution in [2.24, 2.45) is 0 Å². The second-order valence-electron chi connectivity index (χ2n) is 5.36. The van der Waals surface area contributed by atoms with E-state index in [1.54, 1.807) is 11.0 Å². The number of benzene rings is 1. The lowest BCUT2D eigenvalue weighted by atomic mass is 10.2. The van der Waals surface area contributed by atoms with Gasteiger partial charge in [-0.15, -0.1) is 0 Å². The summed E-state index contributed by atoms with van der Waals surface area (Å²) in [6.45, 7) is 1.82. The number of hydrogen-bond acceptors (Lipinski definition) is 8. The van der Waals surface area contributed by atoms with Gasteiger partial charge in [0.05, 0.1) is 15.3 Å². The standard InChI is InChI=1S/C14H15N7O2S/c1-7-8-4-10(21(22)23)11(5-9(8)19-18-7)24-14-12(15)13(20(2)3)16-6-17-14/h4-6H,15H2,1-3H3,(H,18,19). The number of aromatic nitrogens is 4. The van der Waals surface area contributed by atoms with Crippen LogP contribution in [0.3, 0.4) is 0 Å². The minimum absolute atomic E-state index is 0.0126. The Labute approximate surface area is 141 Å². The number of anilines is 2. The number of H-pyrrole nitrogens is 1. The molecule has 0 radical (unpaired) electrons. The van der Waals surface area contributed by atoms with Crippen LogP contribution in [0.5, 0.6) is 0 Å². The van der Waals surface area contributed by atoms with Crippen LogP contribution in [0.1, 0.15) is 5.69 Å². The highest BCUT2D eigenvalue weighted by Crippen LogP contribution is 2.40. The van der Waals surface area contributed by atoms with Crippen molar-refractivity contribution >= 4 is 39.9 Å². The fourth-order valence-electron chi connectivity index (χ4n) is 2.29. The number of nitrogens with two attached hydrogens (primary N) is 1. The van der Waals surface area contributed by atoms with Gasteiger partial charge in [0.2, 0.25) is 0 Å². The molecule has 0 bridgehead atoms. The zero-order valence-electron chi connectivity index (χ0n) is 13.3. The highest BCUT2D eigenvalue weighted by atomic mass is 32.2. The predicted molar refractivity (Wildman–Crippen MR) is 92.4 cm³/mol. The van der Waals surface area contributed by atoms with Gasteiger partial charge in [-0.25, -0.2) is 9.97 Å². The molecule has 3 aromatic rings. The number of aromatic amines is 1. The maximum Gasteiger partial charge on any atom is 0.284 e. The van der Waals surface area contributed by atoms with Gasteiger partial charge < -0.3 is 10.6 Å². The van der Waals surface area contributed by atoms with Crippen molar-refractivity contribution in [2.45, 2.75) is 16.8 Å². The van der Waals surface area contributed by atoms with Crippen LogP contribution in [0.4, 0.5) is 17.2 Å². The van der Waals surface area contributed by atoms with E-state index in [1.165, 1.54) is 12.4 Å². The Morgan fingerprint density at radius 1 is 1.33 bits per heavy atom. The number of fused-ring (bicyclic) bond motifs is 1. The van der Waals surface area contributed by atoms with Crippen molar-refractivity contribution in [1.82, 2.24) is 20.2 Å². The second-order valence-corrected chi connectivity index (χ2v) is 6.39. The second kappa shape index (κ2) is 5.96. The number of nitrogen functional groups attached to an aromatic ring is 1. The predicted octanol–water partition coefficient (Wildman–Crippen LogP) is 2.37. The number of nitrogens with one attached hydrogen (secondary N) is 1. The van der Waals surface area contributed by atoms with Gasteiger partial charge in [0.1, 0.15) is 17.0 Å². The van der Waals surface area contributed by atoms with E-state index in [0.29, 0.717) is 26.9 Å². The molecule has 0 unspecified atom stereocenters. The molecular formula is C14H15N7O2S. The molecule has 0 atom stereocenters. The molecule has 0 spiro atoms. The maximum atomic E-state index is 11.4. The van der Waals surface area contributed by atoms with E-state index >= 15 is 0 Å². The van der Waals surface area contributed by atoms with Crippen molar-refractivity contribution < 1.29 is 4.92 Å². The van der Waals surface area contributed by atoms with Gasteiger partial charge in [0, 0.05) is 31.2 Å². The lowest BCUT2D eigenvalue weighted by Gasteiger charge is -2.15. The summed E-state index contributed by atoms with van der Waals surface area (Å²) >= 11 is 1.13. The van der Waals surface area contributed by atoms with E-state index < -0.39 is 4.92 Å². The zero-order chi connectivity index (χ0) is 17.4. The van der Waals surface area contributed by atoms with Crippen LogP contribution >= 0.6 is 11.8 Å². The Hall–Kier alpha value is -2.88. The topological polar surface area (TPSA) is 127 Å². The minimum atomic E-state index is -0.418. The van der Waals surface area contributed by atoms with Gasteiger partial charge in [-0.2, -0.15) is 5.10 Å². The number of nitro groups is 1. The summed E-state index contributed by atoms with van der Waals surface area (Å²) in [6.07, 6.45) is 1.39. The Morgan fingerprint density at radius 2 is 2.08 bits per heavy atom. The summed E-state index contributed by atoms with van der Waals surface area (Å²) in [4.78, 5) is 21.5. The number of rotatable bonds is 4. The molecule has 0 saturated carbocycles. The molecule has 0 saturated heterocycles. The van der Waals surface area contributed by atoms with Crippen LogP contribution in [-0.2, 0) is 0 Å². The molecule has 0 aliphatic heterocycles. The van der Waals surface area contributed by atoms with Gasteiger partial charge in [-0.05, 0) is 13.0 Å². The van der Waals surface area contributed by atoms with Crippen molar-refractivity contribution in [3.63, 3.8) is 0 Å². The van der Waals surface area contributed by atoms with E-state index in [1.807, 2.05) is 21.0 Å². The van der Waals surface area contributed by atoms with Crippen LogP contribution in [0.15, 0.2) is 28.4 Å². The molecule has 2 heterocycles. The molecule has 3 N–H and O–H groups in total. The quantitative estimate of drug-likeness (QED) is 0.419. The van der Waals surface area contributed by atoms with Gasteiger partial charge >= 0.3 is 0 Å².